The molecule has 1 aliphatic rings. The van der Waals surface area contributed by atoms with Crippen molar-refractivity contribution in [1.29, 1.82) is 5.41 Å². The number of anilines is 4. The molecule has 0 fully saturated rings. The molecule has 1 aliphatic carbocycles. The van der Waals surface area contributed by atoms with E-state index in [1.165, 1.54) is 13.8 Å². The monoisotopic (exact) mass is 740 g/mol. The number of Topliss-reactive ketones (excluding diaryl/α,β-unsaturated/α-hetero) is 1. The zero-order valence-corrected chi connectivity index (χ0v) is 32.6. The fourth-order valence-electron chi connectivity index (χ4n) is 8.44. The van der Waals surface area contributed by atoms with Gasteiger partial charge in [0.15, 0.2) is 5.78 Å². The SMILES string of the molecule is [C-]#[N+]C(=C=N)C1=C(c2c(NC(C)=O)cc(N(CC)CC)c3cc4ccccc4cc23)C(=O)C1c1c(NC(C)=O)cc(N(CC)CC)c2cc3ccccc3cc12. The Kier molecular flexibility index (Phi) is 10.2. The minimum absolute atomic E-state index is 0.115. The summed E-state index contributed by atoms with van der Waals surface area (Å²) in [5.41, 5.74) is 4.20. The lowest BCUT2D eigenvalue weighted by Crippen LogP contribution is -2.32. The van der Waals surface area contributed by atoms with Gasteiger partial charge in [-0.05, 0) is 113 Å². The molecular weight excluding hydrogens is 697 g/mol. The Morgan fingerprint density at radius 3 is 1.57 bits per heavy atom. The van der Waals surface area contributed by atoms with Gasteiger partial charge < -0.3 is 20.4 Å². The zero-order chi connectivity index (χ0) is 39.8. The van der Waals surface area contributed by atoms with Crippen LogP contribution >= 0.6 is 0 Å². The molecule has 3 N–H and O–H groups in total. The van der Waals surface area contributed by atoms with Gasteiger partial charge in [0.25, 0.3) is 5.70 Å². The maximum Gasteiger partial charge on any atom is 0.251 e. The topological polar surface area (TPSA) is 110 Å². The minimum Gasteiger partial charge on any atom is -0.372 e. The summed E-state index contributed by atoms with van der Waals surface area (Å²) in [5, 5.41) is 21.7. The van der Waals surface area contributed by atoms with Crippen LogP contribution in [0.3, 0.4) is 0 Å². The molecule has 1 atom stereocenters. The molecule has 2 amide bonds. The number of amides is 2. The number of carbonyl (C=O) groups excluding carboxylic acids is 3. The Balaban J connectivity index is 1.64. The summed E-state index contributed by atoms with van der Waals surface area (Å²) in [7, 11) is 0. The Morgan fingerprint density at radius 1 is 0.696 bits per heavy atom. The van der Waals surface area contributed by atoms with E-state index in [-0.39, 0.29) is 28.9 Å². The van der Waals surface area contributed by atoms with Crippen LogP contribution < -0.4 is 20.4 Å². The number of hydrogen-bond acceptors (Lipinski definition) is 6. The molecule has 280 valence electrons. The first kappa shape index (κ1) is 37.6. The summed E-state index contributed by atoms with van der Waals surface area (Å²) in [4.78, 5) is 49.4. The molecule has 0 saturated carbocycles. The van der Waals surface area contributed by atoms with Crippen molar-refractivity contribution < 1.29 is 14.4 Å². The van der Waals surface area contributed by atoms with Crippen LogP contribution in [0.25, 0.3) is 53.5 Å². The van der Waals surface area contributed by atoms with E-state index in [2.05, 4.69) is 83.1 Å². The molecule has 0 aromatic heterocycles. The predicted molar refractivity (Wildman–Crippen MR) is 231 cm³/mol. The molecule has 9 heteroatoms. The van der Waals surface area contributed by atoms with Crippen LogP contribution in [0.5, 0.6) is 0 Å². The molecule has 56 heavy (non-hydrogen) atoms. The summed E-state index contributed by atoms with van der Waals surface area (Å²) >= 11 is 0. The van der Waals surface area contributed by atoms with Crippen LogP contribution in [0, 0.1) is 12.0 Å². The van der Waals surface area contributed by atoms with Crippen molar-refractivity contribution in [1.82, 2.24) is 0 Å². The van der Waals surface area contributed by atoms with Gasteiger partial charge in [0.05, 0.1) is 18.2 Å². The standard InChI is InChI=1S/C47H44N6O3/c1-8-52(9-2)40-24-37(50-27(5)54)42(35-22-31-18-14-12-16-29(31)20-33(35)40)45-44(39(26-48)49-7)46(47(45)56)43-36-23-32-19-15-13-17-30(32)21-34(36)41(53(10-3)11-4)25-38(43)51-28(6)55/h12-25,45,48H,8-11H2,1-6H3,(H,50,54)(H,51,55). The summed E-state index contributed by atoms with van der Waals surface area (Å²) < 4.78 is 0. The Morgan fingerprint density at radius 2 is 1.12 bits per heavy atom. The molecule has 0 heterocycles. The maximum absolute atomic E-state index is 15.4. The van der Waals surface area contributed by atoms with Crippen LogP contribution in [0.4, 0.5) is 22.7 Å². The smallest absolute Gasteiger partial charge is 0.251 e. The highest BCUT2D eigenvalue weighted by atomic mass is 16.2. The van der Waals surface area contributed by atoms with E-state index in [1.54, 1.807) is 0 Å². The van der Waals surface area contributed by atoms with E-state index in [0.29, 0.717) is 54.3 Å². The minimum atomic E-state index is -1.02. The molecular formula is C47H44N6O3. The zero-order valence-electron chi connectivity index (χ0n) is 32.6. The highest BCUT2D eigenvalue weighted by Crippen LogP contribution is 2.55. The van der Waals surface area contributed by atoms with Crippen LogP contribution in [0.1, 0.15) is 58.6 Å². The number of fused-ring (bicyclic) bond motifs is 4. The Labute approximate surface area is 326 Å². The molecule has 1 unspecified atom stereocenters. The maximum atomic E-state index is 15.4. The third kappa shape index (κ3) is 6.24. The number of benzene rings is 6. The molecule has 7 rings (SSSR count). The Bertz CT molecular complexity index is 2760. The first-order valence-electron chi connectivity index (χ1n) is 19.1. The molecule has 6 aromatic carbocycles. The normalized spacial score (nSPS) is 13.7. The van der Waals surface area contributed by atoms with Gasteiger partial charge in [0, 0.05) is 79.0 Å². The van der Waals surface area contributed by atoms with Crippen LogP contribution in [-0.4, -0.2) is 49.6 Å². The molecule has 0 aliphatic heterocycles. The number of allylic oxidation sites excluding steroid dienone is 2. The average Bonchev–Trinajstić information content (AvgIpc) is 3.19. The number of hydrogen-bond donors (Lipinski definition) is 3. The summed E-state index contributed by atoms with van der Waals surface area (Å²) in [6, 6.07) is 28.2. The number of rotatable bonds is 11. The van der Waals surface area contributed by atoms with Crippen molar-refractivity contribution in [3.05, 3.63) is 119 Å². The van der Waals surface area contributed by atoms with Gasteiger partial charge in [0.1, 0.15) is 0 Å². The van der Waals surface area contributed by atoms with Crippen LogP contribution in [0.15, 0.2) is 96.2 Å². The number of carbonyl (C=O) groups is 3. The molecule has 0 spiro atoms. The highest BCUT2D eigenvalue weighted by molar-refractivity contribution is 6.39. The molecule has 0 bridgehead atoms. The number of nitrogens with zero attached hydrogens (tertiary/aromatic N) is 3. The van der Waals surface area contributed by atoms with Gasteiger partial charge in [-0.25, -0.2) is 4.85 Å². The van der Waals surface area contributed by atoms with Crippen molar-refractivity contribution in [3.63, 3.8) is 0 Å². The highest BCUT2D eigenvalue weighted by Gasteiger charge is 2.46. The fraction of sp³-hybridized carbons (Fsp3) is 0.234. The average molecular weight is 741 g/mol. The lowest BCUT2D eigenvalue weighted by Gasteiger charge is -2.37. The van der Waals surface area contributed by atoms with Crippen molar-refractivity contribution in [2.45, 2.75) is 47.5 Å². The summed E-state index contributed by atoms with van der Waals surface area (Å²) in [6.07, 6.45) is 0. The van der Waals surface area contributed by atoms with Gasteiger partial charge in [-0.2, -0.15) is 0 Å². The van der Waals surface area contributed by atoms with Crippen LogP contribution in [0.2, 0.25) is 0 Å². The molecule has 6 aromatic rings. The third-order valence-corrected chi connectivity index (χ3v) is 10.9. The first-order valence-corrected chi connectivity index (χ1v) is 19.1. The van der Waals surface area contributed by atoms with E-state index in [1.807, 2.05) is 60.7 Å². The van der Waals surface area contributed by atoms with Gasteiger partial charge in [-0.3, -0.25) is 19.8 Å². The molecule has 0 radical (unpaired) electrons. The van der Waals surface area contributed by atoms with Crippen LogP contribution in [-0.2, 0) is 14.4 Å². The lowest BCUT2D eigenvalue weighted by atomic mass is 9.66. The fourth-order valence-corrected chi connectivity index (χ4v) is 8.44. The van der Waals surface area contributed by atoms with E-state index >= 15 is 4.79 Å². The quantitative estimate of drug-likeness (QED) is 0.0696. The van der Waals surface area contributed by atoms with E-state index < -0.39 is 5.92 Å². The van der Waals surface area contributed by atoms with Crippen molar-refractivity contribution in [3.8, 4) is 0 Å². The first-order chi connectivity index (χ1) is 27.1. The summed E-state index contributed by atoms with van der Waals surface area (Å²) in [5.74, 6) is 0.430. The number of nitrogens with one attached hydrogen (secondary N) is 3. The second-order valence-electron chi connectivity index (χ2n) is 14.0. The Hall–Kier alpha value is -6.75. The van der Waals surface area contributed by atoms with Gasteiger partial charge in [-0.1, -0.05) is 48.5 Å². The van der Waals surface area contributed by atoms with Crippen molar-refractivity contribution in [2.75, 3.05) is 46.6 Å². The second kappa shape index (κ2) is 15.2. The molecule has 0 saturated heterocycles. The predicted octanol–water partition coefficient (Wildman–Crippen LogP) is 10.1. The third-order valence-electron chi connectivity index (χ3n) is 10.9. The van der Waals surface area contributed by atoms with Crippen molar-refractivity contribution >= 4 is 94.9 Å². The van der Waals surface area contributed by atoms with Gasteiger partial charge in [-0.15, -0.1) is 0 Å². The summed E-state index contributed by atoms with van der Waals surface area (Å²) in [6.45, 7) is 22.3. The van der Waals surface area contributed by atoms with Gasteiger partial charge in [0.2, 0.25) is 11.8 Å². The second-order valence-corrected chi connectivity index (χ2v) is 14.0. The van der Waals surface area contributed by atoms with Crippen molar-refractivity contribution in [2.24, 2.45) is 0 Å². The van der Waals surface area contributed by atoms with Gasteiger partial charge >= 0.3 is 0 Å². The number of ketones is 1. The van der Waals surface area contributed by atoms with E-state index in [9.17, 15) is 9.59 Å². The van der Waals surface area contributed by atoms with E-state index in [0.717, 1.165) is 54.5 Å². The largest absolute Gasteiger partial charge is 0.372 e. The lowest BCUT2D eigenvalue weighted by molar-refractivity contribution is -0.116. The molecule has 9 nitrogen and oxygen atoms in total. The van der Waals surface area contributed by atoms with E-state index in [4.69, 9.17) is 12.0 Å².